The predicted octanol–water partition coefficient (Wildman–Crippen LogP) is 5.39. The van der Waals surface area contributed by atoms with Gasteiger partial charge < -0.3 is 0 Å². The number of hydrogen-bond acceptors (Lipinski definition) is 0. The van der Waals surface area contributed by atoms with Crippen LogP contribution in [0, 0.1) is 0 Å². The fraction of sp³-hybridized carbons (Fsp3) is 0.294. The minimum atomic E-state index is 0.981. The molecule has 0 aliphatic carbocycles. The highest BCUT2D eigenvalue weighted by atomic mass is 14.0. The molecular formula is C17H22. The zero-order valence-electron chi connectivity index (χ0n) is 10.9. The van der Waals surface area contributed by atoms with Crippen molar-refractivity contribution in [1.82, 2.24) is 0 Å². The Hall–Kier alpha value is -1.56. The van der Waals surface area contributed by atoms with Gasteiger partial charge in [-0.1, -0.05) is 79.6 Å². The first-order valence-corrected chi connectivity index (χ1v) is 6.29. The number of benzene rings is 1. The SMILES string of the molecule is C=C(C)C/C=C(/C=C/c1ccccc1)CCC. The van der Waals surface area contributed by atoms with E-state index < -0.39 is 0 Å². The Bertz CT molecular complexity index is 393. The average Bonchev–Trinajstić information content (AvgIpc) is 2.34. The predicted molar refractivity (Wildman–Crippen MR) is 77.9 cm³/mol. The molecule has 0 atom stereocenters. The lowest BCUT2D eigenvalue weighted by Crippen LogP contribution is -1.80. The molecule has 90 valence electrons. The molecule has 0 aromatic heterocycles. The van der Waals surface area contributed by atoms with E-state index in [-0.39, 0.29) is 0 Å². The minimum Gasteiger partial charge on any atom is -0.0998 e. The van der Waals surface area contributed by atoms with Crippen LogP contribution in [0.1, 0.15) is 38.7 Å². The van der Waals surface area contributed by atoms with Gasteiger partial charge in [0.1, 0.15) is 0 Å². The molecule has 1 aromatic carbocycles. The van der Waals surface area contributed by atoms with Gasteiger partial charge in [-0.3, -0.25) is 0 Å². The fourth-order valence-electron chi connectivity index (χ4n) is 1.61. The second-order valence-corrected chi connectivity index (χ2v) is 4.43. The summed E-state index contributed by atoms with van der Waals surface area (Å²) in [7, 11) is 0. The van der Waals surface area contributed by atoms with Crippen molar-refractivity contribution in [3.05, 3.63) is 65.8 Å². The van der Waals surface area contributed by atoms with E-state index in [1.165, 1.54) is 23.1 Å². The van der Waals surface area contributed by atoms with Gasteiger partial charge >= 0.3 is 0 Å². The van der Waals surface area contributed by atoms with E-state index >= 15 is 0 Å². The third-order valence-electron chi connectivity index (χ3n) is 2.54. The summed E-state index contributed by atoms with van der Waals surface area (Å²) in [6.07, 6.45) is 9.99. The second kappa shape index (κ2) is 7.67. The largest absolute Gasteiger partial charge is 0.0998 e. The first-order valence-electron chi connectivity index (χ1n) is 6.29. The fourth-order valence-corrected chi connectivity index (χ4v) is 1.61. The Kier molecular flexibility index (Phi) is 6.09. The van der Waals surface area contributed by atoms with Crippen LogP contribution in [0.2, 0.25) is 0 Å². The summed E-state index contributed by atoms with van der Waals surface area (Å²) in [6.45, 7) is 8.22. The average molecular weight is 226 g/mol. The molecule has 0 spiro atoms. The van der Waals surface area contributed by atoms with Gasteiger partial charge in [-0.05, 0) is 25.3 Å². The summed E-state index contributed by atoms with van der Waals surface area (Å²) in [5, 5.41) is 0. The lowest BCUT2D eigenvalue weighted by atomic mass is 10.1. The van der Waals surface area contributed by atoms with Gasteiger partial charge in [0.15, 0.2) is 0 Å². The van der Waals surface area contributed by atoms with Gasteiger partial charge in [-0.15, -0.1) is 0 Å². The summed E-state index contributed by atoms with van der Waals surface area (Å²) >= 11 is 0. The summed E-state index contributed by atoms with van der Waals surface area (Å²) < 4.78 is 0. The van der Waals surface area contributed by atoms with Crippen molar-refractivity contribution in [2.24, 2.45) is 0 Å². The lowest BCUT2D eigenvalue weighted by molar-refractivity contribution is 0.920. The molecule has 0 heteroatoms. The van der Waals surface area contributed by atoms with E-state index in [2.05, 4.69) is 62.9 Å². The molecule has 0 aliphatic rings. The van der Waals surface area contributed by atoms with Crippen LogP contribution in [0.3, 0.4) is 0 Å². The van der Waals surface area contributed by atoms with E-state index in [0.717, 1.165) is 12.8 Å². The van der Waals surface area contributed by atoms with Crippen molar-refractivity contribution in [3.8, 4) is 0 Å². The molecule has 0 amide bonds. The number of hydrogen-bond donors (Lipinski definition) is 0. The first kappa shape index (κ1) is 13.5. The smallest absolute Gasteiger partial charge is 0.0138 e. The lowest BCUT2D eigenvalue weighted by Gasteiger charge is -2.00. The van der Waals surface area contributed by atoms with Crippen molar-refractivity contribution in [2.75, 3.05) is 0 Å². The highest BCUT2D eigenvalue weighted by molar-refractivity contribution is 5.52. The van der Waals surface area contributed by atoms with Crippen molar-refractivity contribution in [3.63, 3.8) is 0 Å². The van der Waals surface area contributed by atoms with Crippen molar-refractivity contribution in [1.29, 1.82) is 0 Å². The van der Waals surface area contributed by atoms with Gasteiger partial charge in [-0.25, -0.2) is 0 Å². The van der Waals surface area contributed by atoms with Crippen LogP contribution < -0.4 is 0 Å². The van der Waals surface area contributed by atoms with Crippen molar-refractivity contribution < 1.29 is 0 Å². The summed E-state index contributed by atoms with van der Waals surface area (Å²) in [5.74, 6) is 0. The summed E-state index contributed by atoms with van der Waals surface area (Å²) in [5.41, 5.74) is 3.87. The molecular weight excluding hydrogens is 204 g/mol. The molecule has 0 nitrogen and oxygen atoms in total. The molecule has 0 bridgehead atoms. The monoisotopic (exact) mass is 226 g/mol. The topological polar surface area (TPSA) is 0 Å². The standard InChI is InChI=1S/C17H22/c1-4-8-16(12-11-15(2)3)13-14-17-9-6-5-7-10-17/h5-7,9-10,12-14H,2,4,8,11H2,1,3H3/b14-13+,16-12+. The molecule has 1 rings (SSSR count). The molecule has 0 unspecified atom stereocenters. The Morgan fingerprint density at radius 3 is 2.53 bits per heavy atom. The number of rotatable bonds is 6. The van der Waals surface area contributed by atoms with Crippen LogP contribution >= 0.6 is 0 Å². The Morgan fingerprint density at radius 1 is 1.24 bits per heavy atom. The Morgan fingerprint density at radius 2 is 1.94 bits per heavy atom. The second-order valence-electron chi connectivity index (χ2n) is 4.43. The van der Waals surface area contributed by atoms with Crippen LogP contribution in [0.25, 0.3) is 6.08 Å². The van der Waals surface area contributed by atoms with Crippen LogP contribution in [0.4, 0.5) is 0 Å². The van der Waals surface area contributed by atoms with Gasteiger partial charge in [0, 0.05) is 0 Å². The highest BCUT2D eigenvalue weighted by Gasteiger charge is 1.92. The number of allylic oxidation sites excluding steroid dienone is 4. The quantitative estimate of drug-likeness (QED) is 0.450. The van der Waals surface area contributed by atoms with Crippen molar-refractivity contribution in [2.45, 2.75) is 33.1 Å². The molecule has 0 fully saturated rings. The van der Waals surface area contributed by atoms with E-state index in [0.29, 0.717) is 0 Å². The van der Waals surface area contributed by atoms with E-state index in [4.69, 9.17) is 0 Å². The maximum atomic E-state index is 3.94. The third-order valence-corrected chi connectivity index (χ3v) is 2.54. The van der Waals surface area contributed by atoms with Crippen LogP contribution in [-0.4, -0.2) is 0 Å². The molecule has 1 aromatic rings. The zero-order valence-corrected chi connectivity index (χ0v) is 10.9. The van der Waals surface area contributed by atoms with Gasteiger partial charge in [0.25, 0.3) is 0 Å². The Labute approximate surface area is 105 Å². The van der Waals surface area contributed by atoms with E-state index in [1.54, 1.807) is 0 Å². The molecule has 0 saturated carbocycles. The van der Waals surface area contributed by atoms with Crippen LogP contribution in [0.15, 0.2) is 60.2 Å². The molecule has 0 aliphatic heterocycles. The third kappa shape index (κ3) is 5.91. The van der Waals surface area contributed by atoms with Gasteiger partial charge in [0.05, 0.1) is 0 Å². The normalized spacial score (nSPS) is 12.0. The molecule has 0 radical (unpaired) electrons. The van der Waals surface area contributed by atoms with Gasteiger partial charge in [-0.2, -0.15) is 0 Å². The molecule has 0 heterocycles. The highest BCUT2D eigenvalue weighted by Crippen LogP contribution is 2.12. The first-order chi connectivity index (χ1) is 8.22. The minimum absolute atomic E-state index is 0.981. The van der Waals surface area contributed by atoms with E-state index in [9.17, 15) is 0 Å². The maximum absolute atomic E-state index is 3.94. The molecule has 17 heavy (non-hydrogen) atoms. The molecule has 0 saturated heterocycles. The van der Waals surface area contributed by atoms with Crippen molar-refractivity contribution >= 4 is 6.08 Å². The molecule has 0 N–H and O–H groups in total. The van der Waals surface area contributed by atoms with Crippen LogP contribution in [0.5, 0.6) is 0 Å². The van der Waals surface area contributed by atoms with Crippen LogP contribution in [-0.2, 0) is 0 Å². The summed E-state index contributed by atoms with van der Waals surface area (Å²) in [6, 6.07) is 10.4. The summed E-state index contributed by atoms with van der Waals surface area (Å²) in [4.78, 5) is 0. The Balaban J connectivity index is 2.69. The van der Waals surface area contributed by atoms with E-state index in [1.807, 2.05) is 6.07 Å². The maximum Gasteiger partial charge on any atom is -0.0138 e. The zero-order chi connectivity index (χ0) is 12.5. The van der Waals surface area contributed by atoms with Gasteiger partial charge in [0.2, 0.25) is 0 Å².